The zero-order chi connectivity index (χ0) is 20.0. The molecule has 146 valence electrons. The second-order valence-electron chi connectivity index (χ2n) is 5.91. The summed E-state index contributed by atoms with van der Waals surface area (Å²) in [6, 6.07) is 10.3. The fourth-order valence-corrected chi connectivity index (χ4v) is 4.57. The predicted octanol–water partition coefficient (Wildman–Crippen LogP) is 4.08. The molecule has 0 aliphatic carbocycles. The van der Waals surface area contributed by atoms with Crippen LogP contribution in [0.3, 0.4) is 0 Å². The zero-order valence-electron chi connectivity index (χ0n) is 15.2. The minimum Gasteiger partial charge on any atom is -0.326 e. The number of amides is 1. The Morgan fingerprint density at radius 1 is 1.11 bits per heavy atom. The average molecular weight is 413 g/mol. The van der Waals surface area contributed by atoms with Crippen molar-refractivity contribution in [2.75, 3.05) is 18.4 Å². The van der Waals surface area contributed by atoms with Gasteiger partial charge < -0.3 is 5.32 Å². The summed E-state index contributed by atoms with van der Waals surface area (Å²) in [5.74, 6) is -0.598. The fraction of sp³-hybridized carbons (Fsp3) is 0.316. The number of carbonyl (C=O) groups is 1. The molecular formula is C19H22ClFN2O3S. The molecule has 0 aliphatic rings. The van der Waals surface area contributed by atoms with Gasteiger partial charge in [-0.1, -0.05) is 37.6 Å². The Balaban J connectivity index is 2.11. The second-order valence-corrected chi connectivity index (χ2v) is 8.22. The van der Waals surface area contributed by atoms with Crippen molar-refractivity contribution >= 4 is 33.2 Å². The van der Waals surface area contributed by atoms with Gasteiger partial charge in [0, 0.05) is 25.2 Å². The highest BCUT2D eigenvalue weighted by Gasteiger charge is 2.24. The van der Waals surface area contributed by atoms with E-state index in [4.69, 9.17) is 11.6 Å². The number of nitrogens with zero attached hydrogens (tertiary/aromatic N) is 1. The second kappa shape index (κ2) is 9.30. The third-order valence-corrected chi connectivity index (χ3v) is 6.62. The molecule has 0 fully saturated rings. The molecule has 0 atom stereocenters. The van der Waals surface area contributed by atoms with Crippen LogP contribution in [0.4, 0.5) is 10.1 Å². The van der Waals surface area contributed by atoms with E-state index >= 15 is 0 Å². The lowest BCUT2D eigenvalue weighted by molar-refractivity contribution is -0.116. The van der Waals surface area contributed by atoms with Crippen molar-refractivity contribution in [2.45, 2.75) is 31.6 Å². The highest BCUT2D eigenvalue weighted by atomic mass is 35.5. The number of carbonyl (C=O) groups excluding carboxylic acids is 1. The topological polar surface area (TPSA) is 66.5 Å². The van der Waals surface area contributed by atoms with E-state index in [1.807, 2.05) is 0 Å². The van der Waals surface area contributed by atoms with Crippen molar-refractivity contribution in [3.63, 3.8) is 0 Å². The van der Waals surface area contributed by atoms with Gasteiger partial charge in [-0.05, 0) is 42.3 Å². The van der Waals surface area contributed by atoms with Gasteiger partial charge in [-0.2, -0.15) is 4.31 Å². The molecule has 0 heterocycles. The summed E-state index contributed by atoms with van der Waals surface area (Å²) < 4.78 is 39.6. The molecule has 5 nitrogen and oxygen atoms in total. The third kappa shape index (κ3) is 5.51. The van der Waals surface area contributed by atoms with Gasteiger partial charge in [0.25, 0.3) is 0 Å². The summed E-state index contributed by atoms with van der Waals surface area (Å²) in [6.07, 6.45) is 0.636. The molecule has 2 rings (SSSR count). The molecule has 0 bridgehead atoms. The molecule has 8 heteroatoms. The smallest absolute Gasteiger partial charge is 0.244 e. The number of rotatable bonds is 8. The van der Waals surface area contributed by atoms with Crippen molar-refractivity contribution in [1.29, 1.82) is 0 Å². The molecule has 2 aromatic carbocycles. The first-order chi connectivity index (χ1) is 12.8. The number of sulfonamides is 1. The van der Waals surface area contributed by atoms with Gasteiger partial charge in [0.1, 0.15) is 10.7 Å². The Morgan fingerprint density at radius 2 is 1.74 bits per heavy atom. The highest BCUT2D eigenvalue weighted by molar-refractivity contribution is 7.89. The summed E-state index contributed by atoms with van der Waals surface area (Å²) in [5, 5.41) is 2.79. The lowest BCUT2D eigenvalue weighted by Crippen LogP contribution is -2.30. The van der Waals surface area contributed by atoms with Gasteiger partial charge in [0.05, 0.1) is 5.02 Å². The molecule has 0 aromatic heterocycles. The quantitative estimate of drug-likeness (QED) is 0.710. The molecular weight excluding hydrogens is 391 g/mol. The Bertz CT molecular complexity index is 898. The molecule has 1 N–H and O–H groups in total. The van der Waals surface area contributed by atoms with Gasteiger partial charge >= 0.3 is 0 Å². The standard InChI is InChI=1S/C19H22ClFN2O3S/c1-3-23(4-2)27(25,26)18-13-16(10-11-17(18)20)22-19(24)12-7-14-5-8-15(21)9-6-14/h5-6,8-11,13H,3-4,7,12H2,1-2H3,(H,22,24). The minimum absolute atomic E-state index is 0.0378. The number of halogens is 2. The summed E-state index contributed by atoms with van der Waals surface area (Å²) in [5.41, 5.74) is 1.20. The monoisotopic (exact) mass is 412 g/mol. The SMILES string of the molecule is CCN(CC)S(=O)(=O)c1cc(NC(=O)CCc2ccc(F)cc2)ccc1Cl. The average Bonchev–Trinajstić information content (AvgIpc) is 2.63. The molecule has 0 unspecified atom stereocenters. The van der Waals surface area contributed by atoms with Gasteiger partial charge in [-0.15, -0.1) is 0 Å². The summed E-state index contributed by atoms with van der Waals surface area (Å²) in [4.78, 5) is 12.1. The molecule has 2 aromatic rings. The Labute approximate surface area is 164 Å². The Morgan fingerprint density at radius 3 is 2.33 bits per heavy atom. The van der Waals surface area contributed by atoms with Crippen LogP contribution in [0.5, 0.6) is 0 Å². The molecule has 0 spiro atoms. The fourth-order valence-electron chi connectivity index (χ4n) is 2.61. The van der Waals surface area contributed by atoms with Crippen molar-refractivity contribution in [2.24, 2.45) is 0 Å². The van der Waals surface area contributed by atoms with E-state index < -0.39 is 10.0 Å². The summed E-state index contributed by atoms with van der Waals surface area (Å²) >= 11 is 6.08. The number of hydrogen-bond donors (Lipinski definition) is 1. The van der Waals surface area contributed by atoms with Crippen molar-refractivity contribution in [1.82, 2.24) is 4.31 Å². The summed E-state index contributed by atoms with van der Waals surface area (Å²) in [7, 11) is -3.73. The van der Waals surface area contributed by atoms with E-state index in [9.17, 15) is 17.6 Å². The van der Waals surface area contributed by atoms with E-state index in [-0.39, 0.29) is 28.1 Å². The highest BCUT2D eigenvalue weighted by Crippen LogP contribution is 2.27. The van der Waals surface area contributed by atoms with Gasteiger partial charge in [-0.25, -0.2) is 12.8 Å². The van der Waals surface area contributed by atoms with E-state index in [0.717, 1.165) is 5.56 Å². The molecule has 0 saturated heterocycles. The van der Waals surface area contributed by atoms with Crippen LogP contribution in [0, 0.1) is 5.82 Å². The number of benzene rings is 2. The molecule has 0 radical (unpaired) electrons. The summed E-state index contributed by atoms with van der Waals surface area (Å²) in [6.45, 7) is 4.14. The van der Waals surface area contributed by atoms with Crippen LogP contribution in [0.2, 0.25) is 5.02 Å². The van der Waals surface area contributed by atoms with Gasteiger partial charge in [0.15, 0.2) is 0 Å². The first-order valence-electron chi connectivity index (χ1n) is 8.62. The van der Waals surface area contributed by atoms with E-state index in [0.29, 0.717) is 25.2 Å². The maximum absolute atomic E-state index is 12.9. The Hall–Kier alpha value is -1.96. The molecule has 0 aliphatic heterocycles. The van der Waals surface area contributed by atoms with Crippen LogP contribution >= 0.6 is 11.6 Å². The normalized spacial score (nSPS) is 11.6. The minimum atomic E-state index is -3.73. The first-order valence-corrected chi connectivity index (χ1v) is 10.4. The lowest BCUT2D eigenvalue weighted by atomic mass is 10.1. The number of hydrogen-bond acceptors (Lipinski definition) is 3. The van der Waals surface area contributed by atoms with Crippen LogP contribution in [-0.2, 0) is 21.2 Å². The van der Waals surface area contributed by atoms with E-state index in [1.54, 1.807) is 32.0 Å². The van der Waals surface area contributed by atoms with Crippen LogP contribution < -0.4 is 5.32 Å². The molecule has 1 amide bonds. The van der Waals surface area contributed by atoms with E-state index in [2.05, 4.69) is 5.32 Å². The van der Waals surface area contributed by atoms with Crippen LogP contribution in [0.15, 0.2) is 47.4 Å². The molecule has 0 saturated carbocycles. The predicted molar refractivity (Wildman–Crippen MR) is 105 cm³/mol. The third-order valence-electron chi connectivity index (χ3n) is 4.09. The van der Waals surface area contributed by atoms with Crippen molar-refractivity contribution in [3.8, 4) is 0 Å². The zero-order valence-corrected chi connectivity index (χ0v) is 16.8. The van der Waals surface area contributed by atoms with Crippen molar-refractivity contribution in [3.05, 3.63) is 58.9 Å². The number of anilines is 1. The Kier molecular flexibility index (Phi) is 7.35. The van der Waals surface area contributed by atoms with Crippen LogP contribution in [0.1, 0.15) is 25.8 Å². The maximum Gasteiger partial charge on any atom is 0.244 e. The maximum atomic E-state index is 12.9. The van der Waals surface area contributed by atoms with Crippen LogP contribution in [-0.4, -0.2) is 31.7 Å². The largest absolute Gasteiger partial charge is 0.326 e. The van der Waals surface area contributed by atoms with Gasteiger partial charge in [-0.3, -0.25) is 4.79 Å². The number of nitrogens with one attached hydrogen (secondary N) is 1. The van der Waals surface area contributed by atoms with Gasteiger partial charge in [0.2, 0.25) is 15.9 Å². The lowest BCUT2D eigenvalue weighted by Gasteiger charge is -2.19. The van der Waals surface area contributed by atoms with Crippen molar-refractivity contribution < 1.29 is 17.6 Å². The first kappa shape index (κ1) is 21.3. The number of aryl methyl sites for hydroxylation is 1. The van der Waals surface area contributed by atoms with E-state index in [1.165, 1.54) is 28.6 Å². The molecule has 27 heavy (non-hydrogen) atoms. The van der Waals surface area contributed by atoms with Crippen LogP contribution in [0.25, 0.3) is 0 Å².